The van der Waals surface area contributed by atoms with E-state index in [2.05, 4.69) is 22.8 Å². The van der Waals surface area contributed by atoms with Crippen LogP contribution in [0.4, 0.5) is 0 Å². The first-order valence-corrected chi connectivity index (χ1v) is 11.6. The molecule has 1 aliphatic carbocycles. The topological polar surface area (TPSA) is 89.2 Å². The van der Waals surface area contributed by atoms with Gasteiger partial charge < -0.3 is 10.1 Å². The van der Waals surface area contributed by atoms with Gasteiger partial charge in [-0.1, -0.05) is 18.2 Å². The van der Waals surface area contributed by atoms with Gasteiger partial charge in [0.2, 0.25) is 5.91 Å². The van der Waals surface area contributed by atoms with Crippen LogP contribution in [0.5, 0.6) is 5.75 Å². The Hall–Kier alpha value is -3.63. The number of likely N-dealkylation sites (N-methyl/N-ethyl adjacent to an activating group) is 1. The minimum Gasteiger partial charge on any atom is -0.497 e. The first-order chi connectivity index (χ1) is 15.8. The van der Waals surface area contributed by atoms with Crippen LogP contribution in [-0.2, 0) is 22.2 Å². The number of methoxy groups -OCH3 is 1. The molecule has 2 aliphatic rings. The average Bonchev–Trinajstić information content (AvgIpc) is 3.48. The fourth-order valence-electron chi connectivity index (χ4n) is 5.34. The summed E-state index contributed by atoms with van der Waals surface area (Å²) in [5.41, 5.74) is 3.01. The van der Waals surface area contributed by atoms with Crippen molar-refractivity contribution in [1.29, 1.82) is 10.7 Å². The quantitative estimate of drug-likeness (QED) is 0.612. The van der Waals surface area contributed by atoms with Gasteiger partial charge in [0.15, 0.2) is 5.96 Å². The van der Waals surface area contributed by atoms with Gasteiger partial charge in [0.25, 0.3) is 0 Å². The Labute approximate surface area is 196 Å². The predicted octanol–water partition coefficient (Wildman–Crippen LogP) is 4.39. The number of rotatable bonds is 3. The predicted molar refractivity (Wildman–Crippen MR) is 128 cm³/mol. The molecule has 2 atom stereocenters. The van der Waals surface area contributed by atoms with Gasteiger partial charge in [0, 0.05) is 11.9 Å². The number of fused-ring (bicyclic) bond motifs is 2. The van der Waals surface area contributed by atoms with Gasteiger partial charge in [0.1, 0.15) is 11.2 Å². The number of hydrogen-bond donors (Lipinski definition) is 2. The molecule has 1 saturated heterocycles. The number of benzene rings is 2. The Bertz CT molecular complexity index is 1340. The third-order valence-electron chi connectivity index (χ3n) is 7.19. The summed E-state index contributed by atoms with van der Waals surface area (Å²) in [7, 11) is 3.31. The normalized spacial score (nSPS) is 23.9. The third-order valence-corrected chi connectivity index (χ3v) is 8.34. The van der Waals surface area contributed by atoms with Gasteiger partial charge in [-0.15, -0.1) is 11.3 Å². The lowest BCUT2D eigenvalue weighted by Gasteiger charge is -2.52. The summed E-state index contributed by atoms with van der Waals surface area (Å²) < 4.78 is 5.42. The Morgan fingerprint density at radius 2 is 2.03 bits per heavy atom. The number of thiophene rings is 1. The summed E-state index contributed by atoms with van der Waals surface area (Å²) in [6.07, 6.45) is 1.41. The Balaban J connectivity index is 1.68. The van der Waals surface area contributed by atoms with Gasteiger partial charge in [-0.05, 0) is 77.7 Å². The van der Waals surface area contributed by atoms with Gasteiger partial charge in [-0.3, -0.25) is 15.1 Å². The molecule has 2 N–H and O–H groups in total. The number of carbonyl (C=O) groups is 1. The summed E-state index contributed by atoms with van der Waals surface area (Å²) in [6, 6.07) is 17.7. The molecular formula is C26H24N4O2S. The van der Waals surface area contributed by atoms with E-state index in [4.69, 9.17) is 10.1 Å². The highest BCUT2D eigenvalue weighted by Crippen LogP contribution is 2.55. The van der Waals surface area contributed by atoms with Crippen molar-refractivity contribution in [3.63, 3.8) is 0 Å². The molecule has 0 saturated carbocycles. The lowest BCUT2D eigenvalue weighted by molar-refractivity contribution is -0.138. The Morgan fingerprint density at radius 3 is 2.79 bits per heavy atom. The molecule has 1 spiro atoms. The minimum atomic E-state index is -0.843. The van der Waals surface area contributed by atoms with Gasteiger partial charge in [0.05, 0.1) is 24.3 Å². The third kappa shape index (κ3) is 2.91. The zero-order valence-corrected chi connectivity index (χ0v) is 19.5. The fraction of sp³-hybridized carbons (Fsp3) is 0.269. The van der Waals surface area contributed by atoms with Crippen molar-refractivity contribution in [2.24, 2.45) is 0 Å². The fourth-order valence-corrected chi connectivity index (χ4v) is 6.45. The molecule has 1 unspecified atom stereocenters. The van der Waals surface area contributed by atoms with Gasteiger partial charge in [-0.2, -0.15) is 5.26 Å². The van der Waals surface area contributed by atoms with E-state index >= 15 is 0 Å². The molecule has 2 aromatic carbocycles. The second kappa shape index (κ2) is 7.46. The zero-order chi connectivity index (χ0) is 23.4. The van der Waals surface area contributed by atoms with E-state index in [1.807, 2.05) is 43.3 Å². The molecule has 1 aliphatic heterocycles. The lowest BCUT2D eigenvalue weighted by Crippen LogP contribution is -2.71. The molecule has 0 radical (unpaired) electrons. The summed E-state index contributed by atoms with van der Waals surface area (Å²) in [5, 5.41) is 23.2. The number of nitrogens with one attached hydrogen (secondary N) is 2. The van der Waals surface area contributed by atoms with Gasteiger partial charge in [-0.25, -0.2) is 0 Å². The highest BCUT2D eigenvalue weighted by molar-refractivity contribution is 7.10. The SMILES string of the molecule is COc1ccc2c(c1)CCC21C(=O)N(C)C(=N)N[C@]1(C)c1cc(-c2cccc(C#N)c2)cs1. The van der Waals surface area contributed by atoms with Crippen molar-refractivity contribution in [3.05, 3.63) is 75.5 Å². The van der Waals surface area contributed by atoms with Crippen LogP contribution in [0.2, 0.25) is 0 Å². The van der Waals surface area contributed by atoms with E-state index in [0.717, 1.165) is 39.3 Å². The van der Waals surface area contributed by atoms with Crippen LogP contribution in [0.25, 0.3) is 11.1 Å². The largest absolute Gasteiger partial charge is 0.497 e. The van der Waals surface area contributed by atoms with Crippen LogP contribution in [0.3, 0.4) is 0 Å². The van der Waals surface area contributed by atoms with Crippen LogP contribution < -0.4 is 10.1 Å². The molecule has 166 valence electrons. The van der Waals surface area contributed by atoms with Crippen molar-refractivity contribution < 1.29 is 9.53 Å². The number of hydrogen-bond acceptors (Lipinski definition) is 5. The molecule has 33 heavy (non-hydrogen) atoms. The number of ether oxygens (including phenoxy) is 1. The van der Waals surface area contributed by atoms with E-state index in [1.165, 1.54) is 4.90 Å². The highest BCUT2D eigenvalue weighted by Gasteiger charge is 2.63. The number of nitriles is 1. The molecule has 5 rings (SSSR count). The van der Waals surface area contributed by atoms with E-state index in [-0.39, 0.29) is 11.9 Å². The number of aryl methyl sites for hydroxylation is 1. The maximum absolute atomic E-state index is 13.9. The first kappa shape index (κ1) is 21.2. The van der Waals surface area contributed by atoms with Crippen LogP contribution in [0.1, 0.15) is 34.9 Å². The number of carbonyl (C=O) groups excluding carboxylic acids is 1. The molecule has 1 fully saturated rings. The summed E-state index contributed by atoms with van der Waals surface area (Å²) in [6.45, 7) is 2.03. The second-order valence-corrected chi connectivity index (χ2v) is 9.69. The van der Waals surface area contributed by atoms with Crippen LogP contribution in [0, 0.1) is 16.7 Å². The Morgan fingerprint density at radius 1 is 1.21 bits per heavy atom. The van der Waals surface area contributed by atoms with Crippen LogP contribution >= 0.6 is 11.3 Å². The summed E-state index contributed by atoms with van der Waals surface area (Å²) in [4.78, 5) is 16.3. The van der Waals surface area contributed by atoms with Crippen molar-refractivity contribution in [2.45, 2.75) is 30.7 Å². The zero-order valence-electron chi connectivity index (χ0n) is 18.7. The molecule has 1 aromatic heterocycles. The number of nitrogens with zero attached hydrogens (tertiary/aromatic N) is 2. The lowest BCUT2D eigenvalue weighted by atomic mass is 9.63. The summed E-state index contributed by atoms with van der Waals surface area (Å²) >= 11 is 1.57. The number of guanidine groups is 1. The first-order valence-electron chi connectivity index (χ1n) is 10.8. The molecule has 2 heterocycles. The van der Waals surface area contributed by atoms with E-state index in [0.29, 0.717) is 12.0 Å². The van der Waals surface area contributed by atoms with Gasteiger partial charge >= 0.3 is 0 Å². The van der Waals surface area contributed by atoms with Crippen molar-refractivity contribution in [2.75, 3.05) is 14.2 Å². The van der Waals surface area contributed by atoms with E-state index in [1.54, 1.807) is 31.6 Å². The number of amides is 1. The van der Waals surface area contributed by atoms with Crippen molar-refractivity contribution in [3.8, 4) is 22.9 Å². The molecule has 3 aromatic rings. The summed E-state index contributed by atoms with van der Waals surface area (Å²) in [5.74, 6) is 0.802. The second-order valence-electron chi connectivity index (χ2n) is 8.78. The molecule has 1 amide bonds. The van der Waals surface area contributed by atoms with Crippen molar-refractivity contribution in [1.82, 2.24) is 10.2 Å². The average molecular weight is 457 g/mol. The van der Waals surface area contributed by atoms with Crippen LogP contribution in [-0.4, -0.2) is 30.9 Å². The molecule has 7 heteroatoms. The smallest absolute Gasteiger partial charge is 0.242 e. The monoisotopic (exact) mass is 456 g/mol. The van der Waals surface area contributed by atoms with Crippen molar-refractivity contribution >= 4 is 23.2 Å². The molecule has 6 nitrogen and oxygen atoms in total. The minimum absolute atomic E-state index is 0.0703. The maximum Gasteiger partial charge on any atom is 0.242 e. The maximum atomic E-state index is 13.9. The van der Waals surface area contributed by atoms with E-state index in [9.17, 15) is 10.1 Å². The molecular weight excluding hydrogens is 432 g/mol. The van der Waals surface area contributed by atoms with E-state index < -0.39 is 11.0 Å². The van der Waals surface area contributed by atoms with Crippen LogP contribution in [0.15, 0.2) is 53.9 Å². The highest BCUT2D eigenvalue weighted by atomic mass is 32.1. The molecule has 0 bridgehead atoms. The standard InChI is InChI=1S/C26H24N4O2S/c1-25(22-13-19(15-33-22)17-6-4-5-16(11-17)14-27)26(23(31)30(2)24(28)29-25)10-9-18-12-20(32-3)7-8-21(18)26/h4-8,11-13,15H,9-10H2,1-3H3,(H2,28,29)/t25-,26?/m1/s1. The Kier molecular flexibility index (Phi) is 4.80.